The summed E-state index contributed by atoms with van der Waals surface area (Å²) < 4.78 is 31.9. The Morgan fingerprint density at radius 3 is 3.00 bits per heavy atom. The smallest absolute Gasteiger partial charge is 0.241 e. The molecule has 1 aromatic carbocycles. The van der Waals surface area contributed by atoms with Gasteiger partial charge < -0.3 is 10.3 Å². The maximum absolute atomic E-state index is 13.5. The van der Waals surface area contributed by atoms with Crippen LogP contribution < -0.4 is 5.73 Å². The van der Waals surface area contributed by atoms with Crippen molar-refractivity contribution < 1.29 is 18.1 Å². The van der Waals surface area contributed by atoms with Gasteiger partial charge in [0.05, 0.1) is 12.6 Å². The molecule has 1 saturated heterocycles. The summed E-state index contributed by atoms with van der Waals surface area (Å²) in [5.74, 6) is -0.316. The number of benzene rings is 1. The first kappa shape index (κ1) is 15.5. The number of carbonyl (C=O) groups excluding carboxylic acids is 1. The summed E-state index contributed by atoms with van der Waals surface area (Å²) in [5, 5.41) is 3.84. The van der Waals surface area contributed by atoms with Crippen molar-refractivity contribution in [3.05, 3.63) is 35.5 Å². The quantitative estimate of drug-likeness (QED) is 0.924. The monoisotopic (exact) mass is 322 g/mol. The van der Waals surface area contributed by atoms with E-state index < -0.39 is 18.1 Å². The number of hydrogen-bond donors (Lipinski definition) is 1. The molecule has 0 aliphatic carbocycles. The normalized spacial score (nSPS) is 21.7. The molecule has 122 valence electrons. The molecule has 2 N–H and O–H groups in total. The molecule has 3 rings (SSSR count). The first-order chi connectivity index (χ1) is 10.9. The van der Waals surface area contributed by atoms with Gasteiger partial charge in [0.15, 0.2) is 0 Å². The first-order valence-corrected chi connectivity index (χ1v) is 7.20. The van der Waals surface area contributed by atoms with Crippen LogP contribution in [0.5, 0.6) is 0 Å². The fourth-order valence-corrected chi connectivity index (χ4v) is 2.71. The van der Waals surface area contributed by atoms with Crippen LogP contribution >= 0.6 is 0 Å². The zero-order valence-corrected chi connectivity index (χ0v) is 12.5. The molecule has 1 aliphatic heterocycles. The summed E-state index contributed by atoms with van der Waals surface area (Å²) in [5.41, 5.74) is 6.38. The molecule has 1 aliphatic rings. The molecule has 0 bridgehead atoms. The Hall–Kier alpha value is -2.35. The zero-order chi connectivity index (χ0) is 16.6. The van der Waals surface area contributed by atoms with Crippen LogP contribution in [-0.4, -0.2) is 39.7 Å². The number of amides is 1. The summed E-state index contributed by atoms with van der Waals surface area (Å²) >= 11 is 0. The Labute approximate surface area is 131 Å². The van der Waals surface area contributed by atoms with E-state index in [2.05, 4.69) is 10.1 Å². The van der Waals surface area contributed by atoms with E-state index in [9.17, 15) is 13.6 Å². The molecule has 2 atom stereocenters. The van der Waals surface area contributed by atoms with Gasteiger partial charge in [0.1, 0.15) is 12.0 Å². The van der Waals surface area contributed by atoms with Crippen molar-refractivity contribution >= 4 is 5.91 Å². The summed E-state index contributed by atoms with van der Waals surface area (Å²) in [6, 6.07) is 3.83. The molecule has 0 unspecified atom stereocenters. The third-order valence-electron chi connectivity index (χ3n) is 3.90. The fourth-order valence-electron chi connectivity index (χ4n) is 2.71. The number of likely N-dealkylation sites (tertiary alicyclic amines) is 1. The third-order valence-corrected chi connectivity index (χ3v) is 3.90. The predicted octanol–water partition coefficient (Wildman–Crippen LogP) is 1.58. The number of primary amides is 1. The Morgan fingerprint density at radius 2 is 2.30 bits per heavy atom. The number of rotatable bonds is 4. The standard InChI is InChI=1S/C15H16F2N4O2/c1-8-4-9(2-3-11(8)17)15-19-13(23-20-15)7-21-6-10(16)5-12(21)14(18)22/h2-4,10,12H,5-7H2,1H3,(H2,18,22)/t10-,12+/m1/s1. The predicted molar refractivity (Wildman–Crippen MR) is 77.3 cm³/mol. The highest BCUT2D eigenvalue weighted by molar-refractivity contribution is 5.80. The van der Waals surface area contributed by atoms with Gasteiger partial charge in [-0.25, -0.2) is 8.78 Å². The number of nitrogens with zero attached hydrogens (tertiary/aromatic N) is 3. The molecular formula is C15H16F2N4O2. The zero-order valence-electron chi connectivity index (χ0n) is 12.5. The number of nitrogens with two attached hydrogens (primary N) is 1. The second kappa shape index (κ2) is 6.04. The van der Waals surface area contributed by atoms with E-state index in [4.69, 9.17) is 10.3 Å². The van der Waals surface area contributed by atoms with E-state index in [-0.39, 0.29) is 31.2 Å². The lowest BCUT2D eigenvalue weighted by Crippen LogP contribution is -2.39. The van der Waals surface area contributed by atoms with Crippen molar-refractivity contribution in [2.75, 3.05) is 6.54 Å². The van der Waals surface area contributed by atoms with Crippen LogP contribution in [0.25, 0.3) is 11.4 Å². The van der Waals surface area contributed by atoms with Gasteiger partial charge in [-0.15, -0.1) is 0 Å². The van der Waals surface area contributed by atoms with E-state index in [1.54, 1.807) is 24.0 Å². The van der Waals surface area contributed by atoms with Crippen LogP contribution in [0.4, 0.5) is 8.78 Å². The minimum atomic E-state index is -1.10. The van der Waals surface area contributed by atoms with Crippen molar-refractivity contribution in [2.45, 2.75) is 32.1 Å². The lowest BCUT2D eigenvalue weighted by molar-refractivity contribution is -0.122. The average Bonchev–Trinajstić information content (AvgIpc) is 3.09. The second-order valence-corrected chi connectivity index (χ2v) is 5.66. The topological polar surface area (TPSA) is 85.3 Å². The maximum Gasteiger partial charge on any atom is 0.241 e. The van der Waals surface area contributed by atoms with Crippen molar-refractivity contribution in [1.82, 2.24) is 15.0 Å². The lowest BCUT2D eigenvalue weighted by Gasteiger charge is -2.18. The van der Waals surface area contributed by atoms with Crippen LogP contribution in [0.15, 0.2) is 22.7 Å². The second-order valence-electron chi connectivity index (χ2n) is 5.66. The van der Waals surface area contributed by atoms with E-state index in [0.717, 1.165) is 0 Å². The maximum atomic E-state index is 13.5. The van der Waals surface area contributed by atoms with Gasteiger partial charge in [0, 0.05) is 18.5 Å². The molecule has 8 heteroatoms. The molecule has 1 amide bonds. The Kier molecular flexibility index (Phi) is 4.08. The molecule has 23 heavy (non-hydrogen) atoms. The lowest BCUT2D eigenvalue weighted by atomic mass is 10.1. The van der Waals surface area contributed by atoms with Crippen LogP contribution in [0.2, 0.25) is 0 Å². The molecule has 0 spiro atoms. The third kappa shape index (κ3) is 3.21. The summed E-state index contributed by atoms with van der Waals surface area (Å²) in [7, 11) is 0. The highest BCUT2D eigenvalue weighted by Gasteiger charge is 2.36. The molecule has 0 radical (unpaired) electrons. The summed E-state index contributed by atoms with van der Waals surface area (Å²) in [4.78, 5) is 17.2. The van der Waals surface area contributed by atoms with Crippen molar-refractivity contribution in [1.29, 1.82) is 0 Å². The number of aromatic nitrogens is 2. The highest BCUT2D eigenvalue weighted by atomic mass is 19.1. The average molecular weight is 322 g/mol. The number of aryl methyl sites for hydroxylation is 1. The summed E-state index contributed by atoms with van der Waals surface area (Å²) in [6.07, 6.45) is -1.03. The van der Waals surface area contributed by atoms with Gasteiger partial charge in [-0.1, -0.05) is 5.16 Å². The summed E-state index contributed by atoms with van der Waals surface area (Å²) in [6.45, 7) is 1.88. The number of halogens is 2. The Bertz CT molecular complexity index is 734. The molecule has 2 aromatic rings. The molecule has 2 heterocycles. The first-order valence-electron chi connectivity index (χ1n) is 7.20. The van der Waals surface area contributed by atoms with E-state index >= 15 is 0 Å². The fraction of sp³-hybridized carbons (Fsp3) is 0.400. The minimum Gasteiger partial charge on any atom is -0.368 e. The largest absolute Gasteiger partial charge is 0.368 e. The molecule has 6 nitrogen and oxygen atoms in total. The minimum absolute atomic E-state index is 0.0769. The molecule has 1 fully saturated rings. The molecule has 1 aromatic heterocycles. The van der Waals surface area contributed by atoms with Gasteiger partial charge in [-0.2, -0.15) is 4.98 Å². The van der Waals surface area contributed by atoms with Crippen LogP contribution in [0.3, 0.4) is 0 Å². The van der Waals surface area contributed by atoms with Gasteiger partial charge in [0.2, 0.25) is 17.6 Å². The van der Waals surface area contributed by atoms with Crippen molar-refractivity contribution in [2.24, 2.45) is 5.73 Å². The van der Waals surface area contributed by atoms with Crippen molar-refractivity contribution in [3.63, 3.8) is 0 Å². The Morgan fingerprint density at radius 1 is 1.52 bits per heavy atom. The number of hydrogen-bond acceptors (Lipinski definition) is 5. The van der Waals surface area contributed by atoms with E-state index in [1.807, 2.05) is 0 Å². The van der Waals surface area contributed by atoms with Gasteiger partial charge >= 0.3 is 0 Å². The van der Waals surface area contributed by atoms with E-state index in [1.165, 1.54) is 6.07 Å². The van der Waals surface area contributed by atoms with Gasteiger partial charge in [0.25, 0.3) is 0 Å². The van der Waals surface area contributed by atoms with Gasteiger partial charge in [-0.3, -0.25) is 9.69 Å². The number of alkyl halides is 1. The highest BCUT2D eigenvalue weighted by Crippen LogP contribution is 2.24. The Balaban J connectivity index is 1.77. The van der Waals surface area contributed by atoms with Crippen LogP contribution in [-0.2, 0) is 11.3 Å². The SMILES string of the molecule is Cc1cc(-c2noc(CN3C[C@H](F)C[C@H]3C(N)=O)n2)ccc1F. The molecule has 0 saturated carbocycles. The van der Waals surface area contributed by atoms with Gasteiger partial charge in [-0.05, 0) is 30.7 Å². The van der Waals surface area contributed by atoms with E-state index in [0.29, 0.717) is 17.0 Å². The van der Waals surface area contributed by atoms with Crippen LogP contribution in [0.1, 0.15) is 17.9 Å². The molecular weight excluding hydrogens is 306 g/mol. The van der Waals surface area contributed by atoms with Crippen LogP contribution in [0, 0.1) is 12.7 Å². The number of carbonyl (C=O) groups is 1. The van der Waals surface area contributed by atoms with Crippen molar-refractivity contribution in [3.8, 4) is 11.4 Å².